The number of aromatic nitrogens is 2. The minimum atomic E-state index is 0.275. The van der Waals surface area contributed by atoms with Gasteiger partial charge in [-0.25, -0.2) is 4.98 Å². The molecule has 0 saturated carbocycles. The van der Waals surface area contributed by atoms with Gasteiger partial charge in [0.05, 0.1) is 0 Å². The molecule has 1 N–H and O–H groups in total. The lowest BCUT2D eigenvalue weighted by Crippen LogP contribution is -2.13. The van der Waals surface area contributed by atoms with Crippen LogP contribution in [0.5, 0.6) is 11.5 Å². The lowest BCUT2D eigenvalue weighted by Gasteiger charge is -2.14. The summed E-state index contributed by atoms with van der Waals surface area (Å²) in [6.45, 7) is 4.39. The number of fused-ring (bicyclic) bond motifs is 2. The Morgan fingerprint density at radius 2 is 1.76 bits per heavy atom. The van der Waals surface area contributed by atoms with Gasteiger partial charge in [-0.05, 0) is 49.6 Å². The quantitative estimate of drug-likeness (QED) is 0.783. The lowest BCUT2D eigenvalue weighted by molar-refractivity contribution is 0.174. The van der Waals surface area contributed by atoms with Crippen LogP contribution < -0.4 is 14.9 Å². The molecular weight excluding hydrogens is 266 g/mol. The first kappa shape index (κ1) is 12.1. The Kier molecular flexibility index (Phi) is 2.54. The van der Waals surface area contributed by atoms with Crippen molar-refractivity contribution in [3.63, 3.8) is 0 Å². The van der Waals surface area contributed by atoms with Crippen molar-refractivity contribution in [3.8, 4) is 11.5 Å². The third kappa shape index (κ3) is 1.89. The zero-order valence-corrected chi connectivity index (χ0v) is 11.9. The second-order valence-corrected chi connectivity index (χ2v) is 5.15. The van der Waals surface area contributed by atoms with E-state index in [2.05, 4.69) is 36.4 Å². The topological polar surface area (TPSA) is 48.3 Å². The molecular formula is C16H15N3O2. The smallest absolute Gasteiger partial charge is 0.231 e. The monoisotopic (exact) mass is 281 g/mol. The SMILES string of the molecule is Cc1ccc(C)n1Nc1nccc2cc3c(cc12)OCO3. The Balaban J connectivity index is 1.85. The average Bonchev–Trinajstić information content (AvgIpc) is 3.06. The van der Waals surface area contributed by atoms with E-state index >= 15 is 0 Å². The molecule has 2 aromatic heterocycles. The van der Waals surface area contributed by atoms with E-state index in [-0.39, 0.29) is 6.79 Å². The van der Waals surface area contributed by atoms with Gasteiger partial charge in [-0.1, -0.05) is 0 Å². The summed E-state index contributed by atoms with van der Waals surface area (Å²) >= 11 is 0. The van der Waals surface area contributed by atoms with Crippen LogP contribution in [0.2, 0.25) is 0 Å². The molecule has 0 unspecified atom stereocenters. The Morgan fingerprint density at radius 1 is 1.05 bits per heavy atom. The number of pyridine rings is 1. The predicted molar refractivity (Wildman–Crippen MR) is 80.8 cm³/mol. The summed E-state index contributed by atoms with van der Waals surface area (Å²) in [6.07, 6.45) is 1.79. The van der Waals surface area contributed by atoms with E-state index in [1.807, 2.05) is 22.9 Å². The van der Waals surface area contributed by atoms with Gasteiger partial charge in [-0.3, -0.25) is 10.1 Å². The minimum absolute atomic E-state index is 0.275. The average molecular weight is 281 g/mol. The molecule has 0 aliphatic carbocycles. The van der Waals surface area contributed by atoms with Gasteiger partial charge < -0.3 is 9.47 Å². The number of hydrogen-bond donors (Lipinski definition) is 1. The van der Waals surface area contributed by atoms with Crippen LogP contribution >= 0.6 is 0 Å². The summed E-state index contributed by atoms with van der Waals surface area (Å²) in [5.41, 5.74) is 5.63. The molecule has 5 heteroatoms. The molecule has 0 atom stereocenters. The van der Waals surface area contributed by atoms with Crippen LogP contribution in [0.1, 0.15) is 11.4 Å². The Morgan fingerprint density at radius 3 is 2.52 bits per heavy atom. The molecule has 0 amide bonds. The van der Waals surface area contributed by atoms with E-state index in [1.54, 1.807) is 6.20 Å². The molecule has 0 saturated heterocycles. The summed E-state index contributed by atoms with van der Waals surface area (Å²) in [7, 11) is 0. The molecule has 3 heterocycles. The molecule has 0 fully saturated rings. The highest BCUT2D eigenvalue weighted by atomic mass is 16.7. The molecule has 3 aromatic rings. The van der Waals surface area contributed by atoms with Crippen molar-refractivity contribution in [3.05, 3.63) is 47.9 Å². The molecule has 4 rings (SSSR count). The highest BCUT2D eigenvalue weighted by Gasteiger charge is 2.16. The van der Waals surface area contributed by atoms with E-state index < -0.39 is 0 Å². The van der Waals surface area contributed by atoms with Crippen molar-refractivity contribution in [2.24, 2.45) is 0 Å². The van der Waals surface area contributed by atoms with Gasteiger partial charge in [-0.15, -0.1) is 0 Å². The van der Waals surface area contributed by atoms with Gasteiger partial charge >= 0.3 is 0 Å². The Labute approximate surface area is 122 Å². The number of rotatable bonds is 2. The molecule has 0 bridgehead atoms. The first-order valence-electron chi connectivity index (χ1n) is 6.83. The maximum absolute atomic E-state index is 5.46. The summed E-state index contributed by atoms with van der Waals surface area (Å²) in [4.78, 5) is 4.46. The lowest BCUT2D eigenvalue weighted by atomic mass is 10.1. The summed E-state index contributed by atoms with van der Waals surface area (Å²) in [5, 5.41) is 2.08. The second-order valence-electron chi connectivity index (χ2n) is 5.15. The number of hydrogen-bond acceptors (Lipinski definition) is 4. The third-order valence-electron chi connectivity index (χ3n) is 3.75. The van der Waals surface area contributed by atoms with E-state index in [4.69, 9.17) is 9.47 Å². The number of aryl methyl sites for hydroxylation is 2. The second kappa shape index (κ2) is 4.41. The van der Waals surface area contributed by atoms with Gasteiger partial charge in [0.15, 0.2) is 17.3 Å². The fourth-order valence-electron chi connectivity index (χ4n) is 2.60. The van der Waals surface area contributed by atoms with Crippen LogP contribution in [0, 0.1) is 13.8 Å². The zero-order valence-electron chi connectivity index (χ0n) is 11.9. The van der Waals surface area contributed by atoms with Crippen LogP contribution in [0.4, 0.5) is 5.82 Å². The third-order valence-corrected chi connectivity index (χ3v) is 3.75. The van der Waals surface area contributed by atoms with Crippen molar-refractivity contribution in [2.75, 3.05) is 12.2 Å². The van der Waals surface area contributed by atoms with Gasteiger partial charge in [0, 0.05) is 23.0 Å². The summed E-state index contributed by atoms with van der Waals surface area (Å²) < 4.78 is 12.9. The van der Waals surface area contributed by atoms with Gasteiger partial charge in [0.2, 0.25) is 6.79 Å². The fraction of sp³-hybridized carbons (Fsp3) is 0.188. The van der Waals surface area contributed by atoms with E-state index in [0.29, 0.717) is 0 Å². The molecule has 1 aliphatic rings. The number of anilines is 1. The standard InChI is InChI=1S/C16H15N3O2/c1-10-3-4-11(2)19(10)18-16-13-8-15-14(20-9-21-15)7-12(13)5-6-17-16/h3-8H,9H2,1-2H3,(H,17,18). The van der Waals surface area contributed by atoms with Gasteiger partial charge in [0.25, 0.3) is 0 Å². The van der Waals surface area contributed by atoms with Crippen LogP contribution in [-0.2, 0) is 0 Å². The molecule has 0 radical (unpaired) electrons. The first-order valence-corrected chi connectivity index (χ1v) is 6.83. The summed E-state index contributed by atoms with van der Waals surface area (Å²) in [6, 6.07) is 10.1. The highest BCUT2D eigenvalue weighted by molar-refractivity contribution is 5.94. The van der Waals surface area contributed by atoms with Crippen molar-refractivity contribution < 1.29 is 9.47 Å². The van der Waals surface area contributed by atoms with Crippen molar-refractivity contribution in [1.29, 1.82) is 0 Å². The maximum atomic E-state index is 5.46. The van der Waals surface area contributed by atoms with Crippen molar-refractivity contribution in [2.45, 2.75) is 13.8 Å². The number of nitrogens with zero attached hydrogens (tertiary/aromatic N) is 2. The molecule has 106 valence electrons. The largest absolute Gasteiger partial charge is 0.454 e. The molecule has 5 nitrogen and oxygen atoms in total. The number of nitrogens with one attached hydrogen (secondary N) is 1. The van der Waals surface area contributed by atoms with Crippen LogP contribution in [0.25, 0.3) is 10.8 Å². The first-order chi connectivity index (χ1) is 10.2. The Bertz CT molecular complexity index is 819. The molecule has 0 spiro atoms. The molecule has 1 aromatic carbocycles. The van der Waals surface area contributed by atoms with Crippen molar-refractivity contribution >= 4 is 16.6 Å². The van der Waals surface area contributed by atoms with Gasteiger partial charge in [-0.2, -0.15) is 0 Å². The highest BCUT2D eigenvalue weighted by Crippen LogP contribution is 2.37. The van der Waals surface area contributed by atoms with Crippen LogP contribution in [0.15, 0.2) is 36.5 Å². The zero-order chi connectivity index (χ0) is 14.4. The van der Waals surface area contributed by atoms with Crippen LogP contribution in [0.3, 0.4) is 0 Å². The minimum Gasteiger partial charge on any atom is -0.454 e. The van der Waals surface area contributed by atoms with Crippen molar-refractivity contribution in [1.82, 2.24) is 9.66 Å². The van der Waals surface area contributed by atoms with E-state index in [0.717, 1.165) is 39.5 Å². The number of benzene rings is 1. The molecule has 21 heavy (non-hydrogen) atoms. The summed E-state index contributed by atoms with van der Waals surface area (Å²) in [5.74, 6) is 2.35. The number of ether oxygens (including phenoxy) is 2. The predicted octanol–water partition coefficient (Wildman–Crippen LogP) is 3.26. The molecule has 1 aliphatic heterocycles. The Hall–Kier alpha value is -2.69. The van der Waals surface area contributed by atoms with E-state index in [9.17, 15) is 0 Å². The van der Waals surface area contributed by atoms with Crippen LogP contribution in [-0.4, -0.2) is 16.5 Å². The van der Waals surface area contributed by atoms with Gasteiger partial charge in [0.1, 0.15) is 0 Å². The fourth-order valence-corrected chi connectivity index (χ4v) is 2.60. The van der Waals surface area contributed by atoms with E-state index in [1.165, 1.54) is 0 Å². The normalized spacial score (nSPS) is 12.9. The maximum Gasteiger partial charge on any atom is 0.231 e.